The molecule has 0 radical (unpaired) electrons. The van der Waals surface area contributed by atoms with E-state index in [9.17, 15) is 25.9 Å². The molecule has 28 heavy (non-hydrogen) atoms. The third-order valence-electron chi connectivity index (χ3n) is 3.54. The Kier molecular flexibility index (Phi) is 4.83. The zero-order chi connectivity index (χ0) is 20.5. The fourth-order valence-corrected chi connectivity index (χ4v) is 3.66. The number of rotatable bonds is 5. The van der Waals surface area contributed by atoms with Crippen molar-refractivity contribution < 1.29 is 25.9 Å². The standard InChI is InChI=1S/C14H10N6O6S2/c15-6-9(14-17-19-20-18-14)7-16-10-1-2-12-8(3-10)4-11(27(21,22)23)5-13(12)28(24,25)26/h1-5,7,16H,(H,21,22,23)(H,24,25,26)(H,17,18,19,20)/p-2. The number of nitrogens with one attached hydrogen (secondary N) is 2. The molecule has 0 aliphatic heterocycles. The van der Waals surface area contributed by atoms with Crippen molar-refractivity contribution in [3.05, 3.63) is 42.4 Å². The highest BCUT2D eigenvalue weighted by Crippen LogP contribution is 2.29. The van der Waals surface area contributed by atoms with Gasteiger partial charge in [0.2, 0.25) is 5.82 Å². The lowest BCUT2D eigenvalue weighted by atomic mass is 10.1. The first-order chi connectivity index (χ1) is 13.1. The number of tetrazole rings is 1. The number of fused-ring (bicyclic) bond motifs is 1. The number of anilines is 1. The van der Waals surface area contributed by atoms with E-state index in [1.165, 1.54) is 24.4 Å². The highest BCUT2D eigenvalue weighted by molar-refractivity contribution is 7.86. The van der Waals surface area contributed by atoms with E-state index >= 15 is 0 Å². The molecule has 0 saturated carbocycles. The summed E-state index contributed by atoms with van der Waals surface area (Å²) in [5.74, 6) is 0.0234. The minimum atomic E-state index is -5.04. The minimum Gasteiger partial charge on any atom is -0.744 e. The number of aromatic amines is 1. The van der Waals surface area contributed by atoms with Crippen LogP contribution in [0.15, 0.2) is 46.3 Å². The van der Waals surface area contributed by atoms with Crippen molar-refractivity contribution in [1.82, 2.24) is 20.6 Å². The fourth-order valence-electron chi connectivity index (χ4n) is 2.33. The topological polar surface area (TPSA) is 205 Å². The molecule has 0 saturated heterocycles. The van der Waals surface area contributed by atoms with Gasteiger partial charge in [-0.25, -0.2) is 16.8 Å². The van der Waals surface area contributed by atoms with Gasteiger partial charge in [-0.3, -0.25) is 0 Å². The maximum atomic E-state index is 11.5. The summed E-state index contributed by atoms with van der Waals surface area (Å²) in [4.78, 5) is -1.68. The molecule has 0 atom stereocenters. The molecular formula is C14H8N6O6S2-2. The quantitative estimate of drug-likeness (QED) is 0.419. The van der Waals surface area contributed by atoms with Crippen molar-refractivity contribution in [2.45, 2.75) is 9.79 Å². The zero-order valence-corrected chi connectivity index (χ0v) is 15.2. The highest BCUT2D eigenvalue weighted by atomic mass is 32.2. The predicted octanol–water partition coefficient (Wildman–Crippen LogP) is 0.138. The molecule has 0 aliphatic rings. The first kappa shape index (κ1) is 19.4. The van der Waals surface area contributed by atoms with Crippen molar-refractivity contribution in [2.24, 2.45) is 0 Å². The Balaban J connectivity index is 2.12. The van der Waals surface area contributed by atoms with Crippen LogP contribution in [0.5, 0.6) is 0 Å². The van der Waals surface area contributed by atoms with Crippen molar-refractivity contribution >= 4 is 42.3 Å². The molecule has 12 nitrogen and oxygen atoms in total. The Morgan fingerprint density at radius 1 is 1.14 bits per heavy atom. The van der Waals surface area contributed by atoms with Gasteiger partial charge in [0, 0.05) is 11.9 Å². The van der Waals surface area contributed by atoms with Crippen LogP contribution >= 0.6 is 0 Å². The van der Waals surface area contributed by atoms with Crippen LogP contribution in [0.4, 0.5) is 5.69 Å². The maximum Gasteiger partial charge on any atom is 0.216 e. The molecule has 2 N–H and O–H groups in total. The molecule has 14 heteroatoms. The lowest BCUT2D eigenvalue weighted by Crippen LogP contribution is -2.05. The van der Waals surface area contributed by atoms with Crippen LogP contribution in [-0.2, 0) is 20.2 Å². The lowest BCUT2D eigenvalue weighted by molar-refractivity contribution is 0.462. The number of allylic oxidation sites excluding steroid dienone is 1. The second kappa shape index (κ2) is 6.98. The van der Waals surface area contributed by atoms with E-state index < -0.39 is 30.0 Å². The molecule has 1 heterocycles. The van der Waals surface area contributed by atoms with E-state index in [1.807, 2.05) is 6.07 Å². The van der Waals surface area contributed by atoms with E-state index in [0.29, 0.717) is 11.8 Å². The van der Waals surface area contributed by atoms with E-state index in [2.05, 4.69) is 25.9 Å². The number of H-pyrrole nitrogens is 1. The summed E-state index contributed by atoms with van der Waals surface area (Å²) >= 11 is 0. The van der Waals surface area contributed by atoms with Gasteiger partial charge in [0.25, 0.3) is 0 Å². The molecule has 3 rings (SSSR count). The first-order valence-corrected chi connectivity index (χ1v) is 10.0. The third kappa shape index (κ3) is 3.97. The van der Waals surface area contributed by atoms with Crippen LogP contribution in [0.2, 0.25) is 0 Å². The van der Waals surface area contributed by atoms with Crippen LogP contribution in [0.25, 0.3) is 16.3 Å². The summed E-state index contributed by atoms with van der Waals surface area (Å²) in [6.45, 7) is 0. The number of nitriles is 1. The van der Waals surface area contributed by atoms with Crippen molar-refractivity contribution in [3.63, 3.8) is 0 Å². The van der Waals surface area contributed by atoms with E-state index in [-0.39, 0.29) is 22.2 Å². The normalized spacial score (nSPS) is 12.7. The van der Waals surface area contributed by atoms with Crippen LogP contribution in [-0.4, -0.2) is 46.6 Å². The third-order valence-corrected chi connectivity index (χ3v) is 5.23. The summed E-state index contributed by atoms with van der Waals surface area (Å²) < 4.78 is 68.2. The summed E-state index contributed by atoms with van der Waals surface area (Å²) in [5.41, 5.74) is 0.325. The molecule has 2 aromatic carbocycles. The largest absolute Gasteiger partial charge is 0.744 e. The SMILES string of the molecule is N#CC(=CNc1ccc2c(S(=O)(=O)[O-])cc(S(=O)(=O)[O-])cc2c1)c1nn[nH]n1. The second-order valence-electron chi connectivity index (χ2n) is 5.32. The molecule has 1 aromatic heterocycles. The Morgan fingerprint density at radius 3 is 2.46 bits per heavy atom. The van der Waals surface area contributed by atoms with Gasteiger partial charge in [0.1, 0.15) is 31.9 Å². The van der Waals surface area contributed by atoms with Crippen molar-refractivity contribution in [1.29, 1.82) is 5.26 Å². The van der Waals surface area contributed by atoms with Crippen LogP contribution in [0.3, 0.4) is 0 Å². The van der Waals surface area contributed by atoms with Gasteiger partial charge in [0.15, 0.2) is 0 Å². The number of hydrogen-bond donors (Lipinski definition) is 2. The van der Waals surface area contributed by atoms with Gasteiger partial charge in [-0.1, -0.05) is 6.07 Å². The van der Waals surface area contributed by atoms with Crippen LogP contribution < -0.4 is 5.32 Å². The average molecular weight is 420 g/mol. The number of hydrogen-bond acceptors (Lipinski definition) is 11. The van der Waals surface area contributed by atoms with Crippen LogP contribution in [0, 0.1) is 11.3 Å². The average Bonchev–Trinajstić information content (AvgIpc) is 3.14. The van der Waals surface area contributed by atoms with Crippen molar-refractivity contribution in [3.8, 4) is 6.07 Å². The Hall–Kier alpha value is -3.38. The number of benzene rings is 2. The smallest absolute Gasteiger partial charge is 0.216 e. The Bertz CT molecular complexity index is 1340. The zero-order valence-electron chi connectivity index (χ0n) is 13.5. The fraction of sp³-hybridized carbons (Fsp3) is 0. The molecule has 0 aliphatic carbocycles. The molecule has 3 aromatic rings. The Labute approximate surface area is 158 Å². The van der Waals surface area contributed by atoms with Gasteiger partial charge in [0.05, 0.1) is 9.79 Å². The minimum absolute atomic E-state index is 0.0165. The van der Waals surface area contributed by atoms with Gasteiger partial charge < -0.3 is 14.4 Å². The van der Waals surface area contributed by atoms with Gasteiger partial charge in [-0.2, -0.15) is 10.5 Å². The van der Waals surface area contributed by atoms with E-state index in [1.54, 1.807) is 0 Å². The highest BCUT2D eigenvalue weighted by Gasteiger charge is 2.13. The molecule has 0 fully saturated rings. The summed E-state index contributed by atoms with van der Waals surface area (Å²) in [7, 11) is -10.0. The van der Waals surface area contributed by atoms with Crippen LogP contribution in [0.1, 0.15) is 5.82 Å². The van der Waals surface area contributed by atoms with E-state index in [0.717, 1.165) is 6.07 Å². The van der Waals surface area contributed by atoms with Crippen molar-refractivity contribution in [2.75, 3.05) is 5.32 Å². The Morgan fingerprint density at radius 2 is 1.89 bits per heavy atom. The molecule has 0 spiro atoms. The molecular weight excluding hydrogens is 412 g/mol. The molecule has 0 bridgehead atoms. The lowest BCUT2D eigenvalue weighted by Gasteiger charge is -2.15. The first-order valence-electron chi connectivity index (χ1n) is 7.20. The van der Waals surface area contributed by atoms with Gasteiger partial charge in [-0.15, -0.1) is 10.2 Å². The van der Waals surface area contributed by atoms with Gasteiger partial charge in [-0.05, 0) is 40.3 Å². The summed E-state index contributed by atoms with van der Waals surface area (Å²) in [5, 5.41) is 24.6. The summed E-state index contributed by atoms with van der Waals surface area (Å²) in [6, 6.07) is 7.28. The predicted molar refractivity (Wildman–Crippen MR) is 91.3 cm³/mol. The maximum absolute atomic E-state index is 11.5. The van der Waals surface area contributed by atoms with E-state index in [4.69, 9.17) is 5.26 Å². The molecule has 0 amide bonds. The summed E-state index contributed by atoms with van der Waals surface area (Å²) in [6.07, 6.45) is 1.24. The second-order valence-corrected chi connectivity index (χ2v) is 8.04. The van der Waals surface area contributed by atoms with Gasteiger partial charge >= 0.3 is 0 Å². The molecule has 0 unspecified atom stereocenters. The number of aromatic nitrogens is 4. The monoisotopic (exact) mass is 420 g/mol. The number of nitrogens with zero attached hydrogens (tertiary/aromatic N) is 4. The molecule has 144 valence electrons.